The summed E-state index contributed by atoms with van der Waals surface area (Å²) in [6.45, 7) is 1.76. The number of nitrogens with zero attached hydrogens (tertiary/aromatic N) is 1. The van der Waals surface area contributed by atoms with E-state index in [1.165, 1.54) is 4.31 Å². The van der Waals surface area contributed by atoms with Crippen molar-refractivity contribution in [2.75, 3.05) is 19.7 Å². The molecule has 7 nitrogen and oxygen atoms in total. The van der Waals surface area contributed by atoms with Crippen LogP contribution in [0.5, 0.6) is 5.75 Å². The van der Waals surface area contributed by atoms with E-state index in [-0.39, 0.29) is 6.61 Å². The first kappa shape index (κ1) is 22.3. The van der Waals surface area contributed by atoms with Gasteiger partial charge >= 0.3 is 5.97 Å². The molecule has 30 heavy (non-hydrogen) atoms. The molecule has 1 heterocycles. The highest BCUT2D eigenvalue weighted by atomic mass is 32.2. The molecule has 0 spiro atoms. The Morgan fingerprint density at radius 1 is 1.07 bits per heavy atom. The van der Waals surface area contributed by atoms with E-state index in [1.807, 2.05) is 60.7 Å². The summed E-state index contributed by atoms with van der Waals surface area (Å²) in [6.07, 6.45) is 2.48. The molecule has 1 aliphatic heterocycles. The molecule has 0 aromatic heterocycles. The van der Waals surface area contributed by atoms with Crippen molar-refractivity contribution in [2.24, 2.45) is 0 Å². The van der Waals surface area contributed by atoms with Gasteiger partial charge in [-0.3, -0.25) is 4.79 Å². The Labute approximate surface area is 178 Å². The molecule has 1 atom stereocenters. The van der Waals surface area contributed by atoms with Gasteiger partial charge in [0.1, 0.15) is 12.3 Å². The van der Waals surface area contributed by atoms with E-state index < -0.39 is 28.4 Å². The monoisotopic (exact) mass is 432 g/mol. The second-order valence-electron chi connectivity index (χ2n) is 7.18. The predicted octanol–water partition coefficient (Wildman–Crippen LogP) is 2.89. The Morgan fingerprint density at radius 2 is 1.73 bits per heavy atom. The minimum atomic E-state index is -3.99. The molecule has 8 heteroatoms. The van der Waals surface area contributed by atoms with Crippen LogP contribution in [0, 0.1) is 0 Å². The summed E-state index contributed by atoms with van der Waals surface area (Å²) in [5.41, 5.74) is -0.123. The maximum atomic E-state index is 13.2. The largest absolute Gasteiger partial charge is 0.471 e. The minimum Gasteiger partial charge on any atom is -0.471 e. The van der Waals surface area contributed by atoms with E-state index in [2.05, 4.69) is 4.72 Å². The van der Waals surface area contributed by atoms with Gasteiger partial charge in [-0.1, -0.05) is 48.5 Å². The molecule has 0 aliphatic carbocycles. The zero-order valence-corrected chi connectivity index (χ0v) is 17.9. The minimum absolute atomic E-state index is 0.194. The van der Waals surface area contributed by atoms with Crippen molar-refractivity contribution in [3.8, 4) is 5.75 Å². The summed E-state index contributed by atoms with van der Waals surface area (Å²) in [4.78, 5) is 11.7. The Balaban J connectivity index is 1.93. The van der Waals surface area contributed by atoms with Gasteiger partial charge in [0.2, 0.25) is 0 Å². The van der Waals surface area contributed by atoms with Crippen molar-refractivity contribution < 1.29 is 22.7 Å². The number of hydrogen-bond donors (Lipinski definition) is 1. The zero-order chi connectivity index (χ0) is 21.5. The second kappa shape index (κ2) is 10.1. The van der Waals surface area contributed by atoms with Crippen molar-refractivity contribution >= 4 is 16.2 Å². The van der Waals surface area contributed by atoms with Crippen molar-refractivity contribution in [3.63, 3.8) is 0 Å². The number of rotatable bonds is 9. The van der Waals surface area contributed by atoms with Gasteiger partial charge in [0, 0.05) is 19.4 Å². The van der Waals surface area contributed by atoms with Gasteiger partial charge < -0.3 is 9.47 Å². The van der Waals surface area contributed by atoms with Crippen molar-refractivity contribution in [1.29, 1.82) is 0 Å². The van der Waals surface area contributed by atoms with E-state index in [9.17, 15) is 13.2 Å². The molecule has 2 aromatic rings. The normalized spacial score (nSPS) is 19.9. The van der Waals surface area contributed by atoms with Crippen LogP contribution in [0.15, 0.2) is 60.7 Å². The number of piperidine rings is 1. The maximum absolute atomic E-state index is 13.2. The van der Waals surface area contributed by atoms with E-state index in [0.717, 1.165) is 18.4 Å². The molecule has 1 N–H and O–H groups in total. The molecular weight excluding hydrogens is 404 g/mol. The van der Waals surface area contributed by atoms with Crippen LogP contribution in [-0.4, -0.2) is 44.1 Å². The Morgan fingerprint density at radius 3 is 2.40 bits per heavy atom. The van der Waals surface area contributed by atoms with Gasteiger partial charge in [-0.25, -0.2) is 0 Å². The SMILES string of the molecule is CCOC(=O)CNS(=O)(=O)N1CCCCC1(Cc1ccccc1)Oc1ccccc1. The molecule has 1 saturated heterocycles. The zero-order valence-electron chi connectivity index (χ0n) is 17.1. The van der Waals surface area contributed by atoms with Gasteiger partial charge in [-0.2, -0.15) is 13.1 Å². The fourth-order valence-corrected chi connectivity index (χ4v) is 5.16. The van der Waals surface area contributed by atoms with Crippen LogP contribution in [-0.2, 0) is 26.2 Å². The van der Waals surface area contributed by atoms with Crippen LogP contribution < -0.4 is 9.46 Å². The fraction of sp³-hybridized carbons (Fsp3) is 0.409. The average molecular weight is 433 g/mol. The summed E-state index contributed by atoms with van der Waals surface area (Å²) in [7, 11) is -3.99. The third-order valence-corrected chi connectivity index (χ3v) is 6.61. The molecule has 0 saturated carbocycles. The smallest absolute Gasteiger partial charge is 0.321 e. The number of nitrogens with one attached hydrogen (secondary N) is 1. The predicted molar refractivity (Wildman–Crippen MR) is 114 cm³/mol. The first-order chi connectivity index (χ1) is 14.5. The molecule has 0 radical (unpaired) electrons. The number of hydrogen-bond acceptors (Lipinski definition) is 5. The van der Waals surface area contributed by atoms with Crippen molar-refractivity contribution in [3.05, 3.63) is 66.2 Å². The standard InChI is InChI=1S/C22H28N2O5S/c1-2-28-21(25)18-23-30(26,27)24-16-10-9-15-22(24,17-19-11-5-3-6-12-19)29-20-13-7-4-8-14-20/h3-8,11-14,23H,2,9-10,15-18H2,1H3. The summed E-state index contributed by atoms with van der Waals surface area (Å²) >= 11 is 0. The summed E-state index contributed by atoms with van der Waals surface area (Å²) in [5, 5.41) is 0. The molecule has 3 rings (SSSR count). The lowest BCUT2D eigenvalue weighted by atomic mass is 9.93. The lowest BCUT2D eigenvalue weighted by molar-refractivity contribution is -0.141. The van der Waals surface area contributed by atoms with E-state index in [1.54, 1.807) is 6.92 Å². The quantitative estimate of drug-likeness (QED) is 0.616. The number of carbonyl (C=O) groups excluding carboxylic acids is 1. The van der Waals surface area contributed by atoms with Gasteiger partial charge in [-0.05, 0) is 37.5 Å². The topological polar surface area (TPSA) is 84.9 Å². The van der Waals surface area contributed by atoms with Gasteiger partial charge in [-0.15, -0.1) is 4.31 Å². The first-order valence-corrected chi connectivity index (χ1v) is 11.6. The summed E-state index contributed by atoms with van der Waals surface area (Å²) in [6, 6.07) is 18.9. The third-order valence-electron chi connectivity index (χ3n) is 5.00. The van der Waals surface area contributed by atoms with Crippen LogP contribution in [0.4, 0.5) is 0 Å². The third kappa shape index (κ3) is 5.59. The van der Waals surface area contributed by atoms with E-state index in [4.69, 9.17) is 9.47 Å². The first-order valence-electron chi connectivity index (χ1n) is 10.2. The summed E-state index contributed by atoms with van der Waals surface area (Å²) in [5.74, 6) is -0.0170. The van der Waals surface area contributed by atoms with Gasteiger partial charge in [0.05, 0.1) is 6.61 Å². The van der Waals surface area contributed by atoms with Crippen LogP contribution in [0.2, 0.25) is 0 Å². The van der Waals surface area contributed by atoms with Crippen LogP contribution in [0.1, 0.15) is 31.7 Å². The Kier molecular flexibility index (Phi) is 7.47. The van der Waals surface area contributed by atoms with Gasteiger partial charge in [0.25, 0.3) is 10.2 Å². The fourth-order valence-electron chi connectivity index (χ4n) is 3.70. The molecule has 0 amide bonds. The maximum Gasteiger partial charge on any atom is 0.321 e. The molecule has 162 valence electrons. The van der Waals surface area contributed by atoms with Crippen LogP contribution >= 0.6 is 0 Å². The highest BCUT2D eigenvalue weighted by Crippen LogP contribution is 2.36. The molecule has 1 unspecified atom stereocenters. The molecule has 1 aliphatic rings. The Bertz CT molecular complexity index is 878. The van der Waals surface area contributed by atoms with Crippen molar-refractivity contribution in [2.45, 2.75) is 38.3 Å². The van der Waals surface area contributed by atoms with Crippen molar-refractivity contribution in [1.82, 2.24) is 9.03 Å². The highest BCUT2D eigenvalue weighted by molar-refractivity contribution is 7.87. The molecule has 0 bridgehead atoms. The van der Waals surface area contributed by atoms with Gasteiger partial charge in [0.15, 0.2) is 5.72 Å². The number of ether oxygens (including phenoxy) is 2. The number of para-hydroxylation sites is 1. The second-order valence-corrected chi connectivity index (χ2v) is 8.86. The molecular formula is C22H28N2O5S. The number of benzene rings is 2. The number of carbonyl (C=O) groups is 1. The number of esters is 1. The highest BCUT2D eigenvalue weighted by Gasteiger charge is 2.47. The lowest BCUT2D eigenvalue weighted by Gasteiger charge is -2.45. The van der Waals surface area contributed by atoms with Crippen LogP contribution in [0.3, 0.4) is 0 Å². The summed E-state index contributed by atoms with van der Waals surface area (Å²) < 4.78 is 41.4. The molecule has 1 fully saturated rings. The van der Waals surface area contributed by atoms with Crippen LogP contribution in [0.25, 0.3) is 0 Å². The lowest BCUT2D eigenvalue weighted by Crippen LogP contribution is -2.62. The van der Waals surface area contributed by atoms with E-state index >= 15 is 0 Å². The Hall–Kier alpha value is -2.42. The molecule has 2 aromatic carbocycles. The average Bonchev–Trinajstić information content (AvgIpc) is 2.74. The van der Waals surface area contributed by atoms with E-state index in [0.29, 0.717) is 25.1 Å².